The van der Waals surface area contributed by atoms with Crippen molar-refractivity contribution in [2.24, 2.45) is 0 Å². The Labute approximate surface area is 182 Å². The zero-order valence-electron chi connectivity index (χ0n) is 16.7. The molecule has 31 heavy (non-hydrogen) atoms. The topological polar surface area (TPSA) is 90.9 Å². The lowest BCUT2D eigenvalue weighted by atomic mass is 9.84. The summed E-state index contributed by atoms with van der Waals surface area (Å²) in [5.74, 6) is -3.03. The van der Waals surface area contributed by atoms with Gasteiger partial charge in [0, 0.05) is 53.8 Å². The number of nitrogens with one attached hydrogen (secondary N) is 2. The molecule has 3 amide bonds. The molecule has 1 aliphatic heterocycles. The number of rotatable bonds is 6. The number of amides is 3. The van der Waals surface area contributed by atoms with Gasteiger partial charge in [0.2, 0.25) is 5.91 Å². The number of methoxy groups -OCH3 is 1. The molecule has 3 rings (SSSR count). The van der Waals surface area contributed by atoms with Crippen LogP contribution in [0.5, 0.6) is 5.75 Å². The molecule has 2 aromatic rings. The van der Waals surface area contributed by atoms with E-state index in [1.807, 2.05) is 0 Å². The first-order valence-electron chi connectivity index (χ1n) is 9.57. The second-order valence-electron chi connectivity index (χ2n) is 7.09. The Kier molecular flexibility index (Phi) is 7.29. The molecular weight excluding hydrogens is 432 g/mol. The van der Waals surface area contributed by atoms with Crippen LogP contribution < -0.4 is 15.4 Å². The molecule has 7 nitrogen and oxygen atoms in total. The second kappa shape index (κ2) is 9.93. The van der Waals surface area contributed by atoms with Crippen molar-refractivity contribution in [3.8, 4) is 5.75 Å². The molecule has 1 aliphatic rings. The Morgan fingerprint density at radius 1 is 1.26 bits per heavy atom. The summed E-state index contributed by atoms with van der Waals surface area (Å²) >= 11 is 5.84. The van der Waals surface area contributed by atoms with Crippen molar-refractivity contribution in [2.45, 2.75) is 18.4 Å². The third-order valence-electron chi connectivity index (χ3n) is 5.10. The number of piperidine rings is 1. The van der Waals surface area contributed by atoms with Crippen molar-refractivity contribution in [1.82, 2.24) is 10.2 Å². The Balaban J connectivity index is 1.86. The first kappa shape index (κ1) is 22.8. The number of carbonyl (C=O) groups is 2. The smallest absolute Gasteiger partial charge is 0.319 e. The molecule has 2 aromatic carbocycles. The lowest BCUT2D eigenvalue weighted by Gasteiger charge is -2.38. The minimum atomic E-state index is -0.940. The highest BCUT2D eigenvalue weighted by Crippen LogP contribution is 2.34. The number of hydrogen-bond acceptors (Lipinski definition) is 4. The molecule has 0 saturated carbocycles. The number of nitrogens with zero attached hydrogens (tertiary/aromatic N) is 1. The Morgan fingerprint density at radius 2 is 1.90 bits per heavy atom. The van der Waals surface area contributed by atoms with Gasteiger partial charge in [-0.25, -0.2) is 13.6 Å². The number of hydrogen-bond donors (Lipinski definition) is 3. The van der Waals surface area contributed by atoms with Gasteiger partial charge in [-0.1, -0.05) is 11.6 Å². The summed E-state index contributed by atoms with van der Waals surface area (Å²) in [5, 5.41) is 15.0. The molecule has 1 heterocycles. The predicted molar refractivity (Wildman–Crippen MR) is 111 cm³/mol. The first-order chi connectivity index (χ1) is 14.8. The number of benzene rings is 2. The minimum absolute atomic E-state index is 0.00721. The van der Waals surface area contributed by atoms with E-state index in [2.05, 4.69) is 10.6 Å². The van der Waals surface area contributed by atoms with Crippen LogP contribution in [0.1, 0.15) is 17.9 Å². The number of aliphatic hydroxyl groups is 1. The molecule has 3 N–H and O–H groups in total. The van der Waals surface area contributed by atoms with Crippen molar-refractivity contribution in [2.75, 3.05) is 32.1 Å². The maximum absolute atomic E-state index is 14.7. The fraction of sp³-hybridized carbons (Fsp3) is 0.333. The van der Waals surface area contributed by atoms with Crippen LogP contribution in [-0.2, 0) is 4.79 Å². The number of anilines is 1. The SMILES string of the molecule is COc1cc(F)c(C2CC(=O)N(CCO)CC2NC(=O)Nc2ccc(Cl)cc2)c(F)c1. The summed E-state index contributed by atoms with van der Waals surface area (Å²) in [6, 6.07) is 7.07. The van der Waals surface area contributed by atoms with E-state index in [-0.39, 0.29) is 43.3 Å². The molecule has 1 saturated heterocycles. The van der Waals surface area contributed by atoms with Crippen LogP contribution in [0.25, 0.3) is 0 Å². The molecule has 10 heteroatoms. The number of β-amino-alcohol motifs (C(OH)–C–C–N with tert-alkyl or cyclic N) is 1. The van der Waals surface area contributed by atoms with Gasteiger partial charge in [-0.15, -0.1) is 0 Å². The third kappa shape index (κ3) is 5.42. The first-order valence-corrected chi connectivity index (χ1v) is 9.94. The summed E-state index contributed by atoms with van der Waals surface area (Å²) in [6.45, 7) is -0.232. The second-order valence-corrected chi connectivity index (χ2v) is 7.53. The molecule has 166 valence electrons. The number of aliphatic hydroxyl groups excluding tert-OH is 1. The van der Waals surface area contributed by atoms with E-state index in [9.17, 15) is 23.5 Å². The quantitative estimate of drug-likeness (QED) is 0.626. The van der Waals surface area contributed by atoms with Gasteiger partial charge in [0.15, 0.2) is 0 Å². The summed E-state index contributed by atoms with van der Waals surface area (Å²) in [7, 11) is 1.29. The zero-order chi connectivity index (χ0) is 22.5. The maximum Gasteiger partial charge on any atom is 0.319 e. The number of carbonyl (C=O) groups excluding carboxylic acids is 2. The molecule has 2 unspecified atom stereocenters. The van der Waals surface area contributed by atoms with E-state index in [1.54, 1.807) is 24.3 Å². The van der Waals surface area contributed by atoms with Crippen LogP contribution in [0.3, 0.4) is 0 Å². The average Bonchev–Trinajstić information content (AvgIpc) is 2.72. The van der Waals surface area contributed by atoms with Crippen LogP contribution in [0.15, 0.2) is 36.4 Å². The van der Waals surface area contributed by atoms with Gasteiger partial charge in [0.1, 0.15) is 17.4 Å². The highest BCUT2D eigenvalue weighted by Gasteiger charge is 2.38. The van der Waals surface area contributed by atoms with Crippen LogP contribution in [0.4, 0.5) is 19.3 Å². The van der Waals surface area contributed by atoms with Gasteiger partial charge in [-0.3, -0.25) is 4.79 Å². The summed E-state index contributed by atoms with van der Waals surface area (Å²) < 4.78 is 34.3. The average molecular weight is 454 g/mol. The van der Waals surface area contributed by atoms with E-state index in [4.69, 9.17) is 16.3 Å². The maximum atomic E-state index is 14.7. The van der Waals surface area contributed by atoms with Crippen molar-refractivity contribution < 1.29 is 28.2 Å². The fourth-order valence-corrected chi connectivity index (χ4v) is 3.74. The van der Waals surface area contributed by atoms with Crippen LogP contribution >= 0.6 is 11.6 Å². The molecule has 2 atom stereocenters. The molecule has 1 fully saturated rings. The van der Waals surface area contributed by atoms with Crippen LogP contribution in [0.2, 0.25) is 5.02 Å². The number of urea groups is 1. The molecule has 0 aliphatic carbocycles. The highest BCUT2D eigenvalue weighted by atomic mass is 35.5. The highest BCUT2D eigenvalue weighted by molar-refractivity contribution is 6.30. The zero-order valence-corrected chi connectivity index (χ0v) is 17.5. The van der Waals surface area contributed by atoms with Crippen molar-refractivity contribution in [3.63, 3.8) is 0 Å². The predicted octanol–water partition coefficient (Wildman–Crippen LogP) is 3.13. The Bertz CT molecular complexity index is 935. The van der Waals surface area contributed by atoms with Gasteiger partial charge in [0.25, 0.3) is 0 Å². The monoisotopic (exact) mass is 453 g/mol. The molecule has 0 radical (unpaired) electrons. The third-order valence-corrected chi connectivity index (χ3v) is 5.35. The summed E-state index contributed by atoms with van der Waals surface area (Å²) in [6.07, 6.45) is -0.230. The molecule has 0 aromatic heterocycles. The Hall–Kier alpha value is -2.91. The van der Waals surface area contributed by atoms with Crippen LogP contribution in [0, 0.1) is 11.6 Å². The summed E-state index contributed by atoms with van der Waals surface area (Å²) in [4.78, 5) is 26.4. The van der Waals surface area contributed by atoms with E-state index in [0.29, 0.717) is 10.7 Å². The lowest BCUT2D eigenvalue weighted by molar-refractivity contribution is -0.135. The largest absolute Gasteiger partial charge is 0.497 e. The van der Waals surface area contributed by atoms with E-state index in [1.165, 1.54) is 12.0 Å². The fourth-order valence-electron chi connectivity index (χ4n) is 3.61. The molecule has 0 bridgehead atoms. The van der Waals surface area contributed by atoms with Crippen LogP contribution in [-0.4, -0.2) is 54.8 Å². The van der Waals surface area contributed by atoms with E-state index in [0.717, 1.165) is 12.1 Å². The van der Waals surface area contributed by atoms with Gasteiger partial charge in [-0.2, -0.15) is 0 Å². The lowest BCUT2D eigenvalue weighted by Crippen LogP contribution is -2.55. The number of ether oxygens (including phenoxy) is 1. The van der Waals surface area contributed by atoms with E-state index < -0.39 is 29.6 Å². The standard InChI is InChI=1S/C21H22ClF2N3O4/c1-31-14-8-16(23)20(17(24)9-14)15-10-19(29)27(6-7-28)11-18(15)26-21(30)25-13-4-2-12(22)3-5-13/h2-5,8-9,15,18,28H,6-7,10-11H2,1H3,(H2,25,26,30). The summed E-state index contributed by atoms with van der Waals surface area (Å²) in [5.41, 5.74) is 0.175. The van der Waals surface area contributed by atoms with Gasteiger partial charge in [0.05, 0.1) is 19.8 Å². The van der Waals surface area contributed by atoms with Gasteiger partial charge < -0.3 is 25.4 Å². The van der Waals surface area contributed by atoms with E-state index >= 15 is 0 Å². The van der Waals surface area contributed by atoms with Crippen molar-refractivity contribution >= 4 is 29.2 Å². The molecular formula is C21H22ClF2N3O4. The number of likely N-dealkylation sites (tertiary alicyclic amines) is 1. The van der Waals surface area contributed by atoms with Crippen molar-refractivity contribution in [3.05, 3.63) is 58.6 Å². The molecule has 0 spiro atoms. The van der Waals surface area contributed by atoms with Gasteiger partial charge >= 0.3 is 6.03 Å². The normalized spacial score (nSPS) is 18.6. The van der Waals surface area contributed by atoms with Crippen molar-refractivity contribution in [1.29, 1.82) is 0 Å². The Morgan fingerprint density at radius 3 is 2.48 bits per heavy atom. The minimum Gasteiger partial charge on any atom is -0.497 e. The van der Waals surface area contributed by atoms with Gasteiger partial charge in [-0.05, 0) is 24.3 Å². The number of halogens is 3.